The Morgan fingerprint density at radius 3 is 2.62 bits per heavy atom. The zero-order valence-electron chi connectivity index (χ0n) is 10.1. The molecule has 0 radical (unpaired) electrons. The molecule has 0 spiro atoms. The third-order valence-electron chi connectivity index (χ3n) is 3.00. The van der Waals surface area contributed by atoms with Crippen molar-refractivity contribution >= 4 is 8.32 Å². The fourth-order valence-corrected chi connectivity index (χ4v) is 3.98. The topological polar surface area (TPSA) is 9.23 Å². The second-order valence-electron chi connectivity index (χ2n) is 5.03. The fraction of sp³-hybridized carbons (Fsp3) is 0.429. The van der Waals surface area contributed by atoms with Crippen molar-refractivity contribution in [1.29, 1.82) is 0 Å². The Morgan fingerprint density at radius 2 is 1.88 bits per heavy atom. The highest BCUT2D eigenvalue weighted by Gasteiger charge is 2.27. The maximum atomic E-state index is 6.35. The summed E-state index contributed by atoms with van der Waals surface area (Å²) in [5.41, 5.74) is 1.33. The first-order valence-electron chi connectivity index (χ1n) is 6.05. The van der Waals surface area contributed by atoms with Gasteiger partial charge in [0.1, 0.15) is 0 Å². The molecule has 1 heterocycles. The number of benzene rings is 1. The molecule has 0 fully saturated rings. The lowest BCUT2D eigenvalue weighted by atomic mass is 10.1. The monoisotopic (exact) mass is 232 g/mol. The van der Waals surface area contributed by atoms with Gasteiger partial charge in [-0.1, -0.05) is 42.5 Å². The van der Waals surface area contributed by atoms with E-state index < -0.39 is 8.32 Å². The first kappa shape index (κ1) is 11.6. The van der Waals surface area contributed by atoms with Crippen LogP contribution in [0.25, 0.3) is 0 Å². The Labute approximate surface area is 99.3 Å². The molecule has 2 heteroatoms. The Kier molecular flexibility index (Phi) is 3.61. The minimum absolute atomic E-state index is 0.299. The molecule has 0 N–H and O–H groups in total. The van der Waals surface area contributed by atoms with Gasteiger partial charge in [-0.3, -0.25) is 0 Å². The van der Waals surface area contributed by atoms with E-state index >= 15 is 0 Å². The molecule has 2 rings (SSSR count). The third-order valence-corrected chi connectivity index (χ3v) is 5.15. The van der Waals surface area contributed by atoms with Crippen molar-refractivity contribution in [3.8, 4) is 0 Å². The van der Waals surface area contributed by atoms with Crippen LogP contribution in [0.4, 0.5) is 0 Å². The summed E-state index contributed by atoms with van der Waals surface area (Å²) >= 11 is 0. The molecule has 16 heavy (non-hydrogen) atoms. The summed E-state index contributed by atoms with van der Waals surface area (Å²) in [4.78, 5) is 0. The first-order valence-corrected chi connectivity index (χ1v) is 9.17. The van der Waals surface area contributed by atoms with Crippen molar-refractivity contribution in [3.63, 3.8) is 0 Å². The molecule has 1 unspecified atom stereocenters. The van der Waals surface area contributed by atoms with Gasteiger partial charge in [0.15, 0.2) is 8.32 Å². The Morgan fingerprint density at radius 1 is 1.12 bits per heavy atom. The molecule has 86 valence electrons. The van der Waals surface area contributed by atoms with Gasteiger partial charge in [0.25, 0.3) is 0 Å². The van der Waals surface area contributed by atoms with E-state index in [1.165, 1.54) is 5.56 Å². The minimum Gasteiger partial charge on any atom is -0.410 e. The highest BCUT2D eigenvalue weighted by Crippen LogP contribution is 2.30. The molecular formula is C14H20OSi. The molecule has 0 aromatic heterocycles. The van der Waals surface area contributed by atoms with Gasteiger partial charge in [-0.05, 0) is 37.5 Å². The lowest BCUT2D eigenvalue weighted by molar-refractivity contribution is 0.185. The summed E-state index contributed by atoms with van der Waals surface area (Å²) in [5.74, 6) is 0. The Balaban J connectivity index is 2.17. The van der Waals surface area contributed by atoms with Crippen LogP contribution < -0.4 is 0 Å². The zero-order chi connectivity index (χ0) is 11.4. The van der Waals surface area contributed by atoms with Crippen LogP contribution in [-0.2, 0) is 4.43 Å². The van der Waals surface area contributed by atoms with Crippen LogP contribution in [-0.4, -0.2) is 8.32 Å². The van der Waals surface area contributed by atoms with E-state index in [1.807, 2.05) is 0 Å². The smallest absolute Gasteiger partial charge is 0.191 e. The standard InChI is InChI=1S/C14H20OSi/c1-16(2)12-8-4-7-11-14(15-16)13-9-5-3-6-10-13/h3-6,8-10,14H,7,11-12H2,1-2H3/b8-4-. The number of rotatable bonds is 1. The highest BCUT2D eigenvalue weighted by molar-refractivity contribution is 6.71. The fourth-order valence-electron chi connectivity index (χ4n) is 2.13. The number of hydrogen-bond acceptors (Lipinski definition) is 1. The first-order chi connectivity index (χ1) is 7.67. The van der Waals surface area contributed by atoms with Gasteiger partial charge >= 0.3 is 0 Å². The van der Waals surface area contributed by atoms with Gasteiger partial charge in [0.05, 0.1) is 6.10 Å². The number of hydrogen-bond donors (Lipinski definition) is 0. The molecule has 0 aliphatic carbocycles. The average molecular weight is 232 g/mol. The van der Waals surface area contributed by atoms with Crippen molar-refractivity contribution in [1.82, 2.24) is 0 Å². The van der Waals surface area contributed by atoms with E-state index in [0.29, 0.717) is 6.10 Å². The lowest BCUT2D eigenvalue weighted by Crippen LogP contribution is -2.32. The lowest BCUT2D eigenvalue weighted by Gasteiger charge is -2.30. The summed E-state index contributed by atoms with van der Waals surface area (Å²) in [6.07, 6.45) is 7.15. The van der Waals surface area contributed by atoms with Gasteiger partial charge < -0.3 is 4.43 Å². The van der Waals surface area contributed by atoms with Crippen molar-refractivity contribution in [2.45, 2.75) is 38.1 Å². The molecule has 1 nitrogen and oxygen atoms in total. The van der Waals surface area contributed by atoms with Gasteiger partial charge in [-0.15, -0.1) is 0 Å². The highest BCUT2D eigenvalue weighted by atomic mass is 28.4. The van der Waals surface area contributed by atoms with Crippen molar-refractivity contribution in [2.24, 2.45) is 0 Å². The number of allylic oxidation sites excluding steroid dienone is 2. The quantitative estimate of drug-likeness (QED) is 0.518. The summed E-state index contributed by atoms with van der Waals surface area (Å²) in [6.45, 7) is 4.61. The van der Waals surface area contributed by atoms with E-state index in [2.05, 4.69) is 55.6 Å². The van der Waals surface area contributed by atoms with Gasteiger partial charge in [0.2, 0.25) is 0 Å². The second kappa shape index (κ2) is 4.98. The van der Waals surface area contributed by atoms with Crippen LogP contribution in [0.15, 0.2) is 42.5 Å². The Hall–Kier alpha value is -0.863. The molecule has 1 atom stereocenters. The molecule has 1 aliphatic heterocycles. The summed E-state index contributed by atoms with van der Waals surface area (Å²) in [5, 5.41) is 0. The van der Waals surface area contributed by atoms with Crippen molar-refractivity contribution in [3.05, 3.63) is 48.0 Å². The van der Waals surface area contributed by atoms with E-state index in [-0.39, 0.29) is 0 Å². The summed E-state index contributed by atoms with van der Waals surface area (Å²) in [7, 11) is -1.51. The van der Waals surface area contributed by atoms with Crippen LogP contribution in [0.5, 0.6) is 0 Å². The molecule has 1 aromatic carbocycles. The second-order valence-corrected chi connectivity index (χ2v) is 9.19. The van der Waals surface area contributed by atoms with Crippen molar-refractivity contribution in [2.75, 3.05) is 0 Å². The predicted molar refractivity (Wildman–Crippen MR) is 70.9 cm³/mol. The van der Waals surface area contributed by atoms with Gasteiger partial charge in [-0.2, -0.15) is 0 Å². The van der Waals surface area contributed by atoms with Crippen LogP contribution in [0.3, 0.4) is 0 Å². The maximum Gasteiger partial charge on any atom is 0.191 e. The van der Waals surface area contributed by atoms with E-state index in [9.17, 15) is 0 Å². The minimum atomic E-state index is -1.51. The van der Waals surface area contributed by atoms with Crippen molar-refractivity contribution < 1.29 is 4.43 Å². The van der Waals surface area contributed by atoms with Crippen LogP contribution in [0.2, 0.25) is 19.1 Å². The molecule has 0 bridgehead atoms. The summed E-state index contributed by atoms with van der Waals surface area (Å²) < 4.78 is 6.35. The molecule has 1 aromatic rings. The normalized spacial score (nSPS) is 26.8. The van der Waals surface area contributed by atoms with E-state index in [4.69, 9.17) is 4.43 Å². The SMILES string of the molecule is C[Si]1(C)C/C=C\CCC(c2ccccc2)O1. The largest absolute Gasteiger partial charge is 0.410 e. The Bertz CT molecular complexity index is 356. The summed E-state index contributed by atoms with van der Waals surface area (Å²) in [6, 6.07) is 11.8. The maximum absolute atomic E-state index is 6.35. The van der Waals surface area contributed by atoms with Crippen LogP contribution >= 0.6 is 0 Å². The molecule has 1 aliphatic rings. The molecule has 0 saturated carbocycles. The van der Waals surface area contributed by atoms with Crippen LogP contribution in [0.1, 0.15) is 24.5 Å². The van der Waals surface area contributed by atoms with Gasteiger partial charge in [-0.25, -0.2) is 0 Å². The predicted octanol–water partition coefficient (Wildman–Crippen LogP) is 4.30. The molecular weight excluding hydrogens is 212 g/mol. The van der Waals surface area contributed by atoms with E-state index in [0.717, 1.165) is 18.9 Å². The van der Waals surface area contributed by atoms with Gasteiger partial charge in [0, 0.05) is 0 Å². The average Bonchev–Trinajstić information content (AvgIpc) is 2.25. The van der Waals surface area contributed by atoms with Crippen LogP contribution in [0, 0.1) is 0 Å². The molecule has 0 saturated heterocycles. The van der Waals surface area contributed by atoms with E-state index in [1.54, 1.807) is 0 Å². The molecule has 0 amide bonds. The zero-order valence-corrected chi connectivity index (χ0v) is 11.1. The third kappa shape index (κ3) is 3.06.